The minimum absolute atomic E-state index is 0.127. The first-order valence-electron chi connectivity index (χ1n) is 2.30. The Balaban J connectivity index is 3.25. The fourth-order valence-electron chi connectivity index (χ4n) is 0.218. The monoisotopic (exact) mass is 130 g/mol. The number of nitrogens with one attached hydrogen (secondary N) is 1. The molecule has 2 nitrogen and oxygen atoms in total. The van der Waals surface area contributed by atoms with Crippen molar-refractivity contribution in [3.8, 4) is 0 Å². The second kappa shape index (κ2) is 4.71. The number of allylic oxidation sites excluding steroid dienone is 1. The Kier molecular flexibility index (Phi) is 4.45. The molecule has 1 amide bonds. The van der Waals surface area contributed by atoms with Gasteiger partial charge < -0.3 is 5.32 Å². The van der Waals surface area contributed by atoms with E-state index in [0.29, 0.717) is 0 Å². The highest BCUT2D eigenvalue weighted by molar-refractivity contribution is 7.81. The molecule has 8 heavy (non-hydrogen) atoms. The average molecular weight is 130 g/mol. The number of carbonyl (C=O) groups excluding carboxylic acids is 1. The summed E-state index contributed by atoms with van der Waals surface area (Å²) in [5, 5.41) is 2.46. The van der Waals surface area contributed by atoms with Crippen molar-refractivity contribution in [1.29, 1.82) is 0 Å². The highest BCUT2D eigenvalue weighted by atomic mass is 32.1. The molecule has 0 aromatic rings. The van der Waals surface area contributed by atoms with Crippen molar-refractivity contribution in [2.24, 2.45) is 0 Å². The van der Waals surface area contributed by atoms with Crippen LogP contribution >= 0.6 is 12.6 Å². The van der Waals surface area contributed by atoms with Crippen LogP contribution < -0.4 is 5.32 Å². The van der Waals surface area contributed by atoms with Crippen LogP contribution in [0.15, 0.2) is 12.3 Å². The Morgan fingerprint density at radius 1 is 1.88 bits per heavy atom. The van der Waals surface area contributed by atoms with Crippen LogP contribution in [0.3, 0.4) is 0 Å². The molecule has 1 N–H and O–H groups in total. The van der Waals surface area contributed by atoms with E-state index >= 15 is 0 Å². The van der Waals surface area contributed by atoms with Crippen LogP contribution in [0.2, 0.25) is 0 Å². The van der Waals surface area contributed by atoms with Gasteiger partial charge >= 0.3 is 0 Å². The maximum atomic E-state index is 10.3. The Morgan fingerprint density at radius 2 is 2.50 bits per heavy atom. The van der Waals surface area contributed by atoms with Crippen LogP contribution in [0.5, 0.6) is 0 Å². The summed E-state index contributed by atoms with van der Waals surface area (Å²) in [6.07, 6.45) is 3.30. The smallest absolute Gasteiger partial charge is 0.234 e. The van der Waals surface area contributed by atoms with E-state index in [2.05, 4.69) is 17.9 Å². The third-order valence-electron chi connectivity index (χ3n) is 0.542. The lowest BCUT2D eigenvalue weighted by atomic mass is 10.6. The van der Waals surface area contributed by atoms with Gasteiger partial charge in [0.1, 0.15) is 0 Å². The number of amides is 1. The van der Waals surface area contributed by atoms with E-state index in [9.17, 15) is 4.79 Å². The van der Waals surface area contributed by atoms with Crippen LogP contribution in [0.4, 0.5) is 0 Å². The van der Waals surface area contributed by atoms with Gasteiger partial charge in [0.2, 0.25) is 5.91 Å². The van der Waals surface area contributed by atoms with Gasteiger partial charge in [-0.3, -0.25) is 4.79 Å². The molecule has 45 valence electrons. The fraction of sp³-hybridized carbons (Fsp3) is 0.400. The Hall–Kier alpha value is -0.440. The standard InChI is InChI=1S/C5H8NOS/c1-2-3-6-5(7)4-8/h2-3H,4H2,1H3,(H,6,7). The molecule has 1 radical (unpaired) electrons. The van der Waals surface area contributed by atoms with Crippen molar-refractivity contribution in [1.82, 2.24) is 5.32 Å². The molecule has 0 spiro atoms. The Morgan fingerprint density at radius 3 is 2.88 bits per heavy atom. The highest BCUT2D eigenvalue weighted by Gasteiger charge is 1.88. The first kappa shape index (κ1) is 7.56. The molecular formula is C5H8NOS. The SMILES string of the molecule is CC=CNC(=O)C[S]. The molecule has 0 aliphatic rings. The van der Waals surface area contributed by atoms with Crippen LogP contribution in [-0.2, 0) is 4.79 Å². The average Bonchev–Trinajstić information content (AvgIpc) is 1.83. The summed E-state index contributed by atoms with van der Waals surface area (Å²) in [5.74, 6) is 0.00255. The zero-order valence-electron chi connectivity index (χ0n) is 4.68. The number of hydrogen-bond acceptors (Lipinski definition) is 1. The molecule has 0 heterocycles. The summed E-state index contributed by atoms with van der Waals surface area (Å²) in [4.78, 5) is 10.3. The van der Waals surface area contributed by atoms with Crippen LogP contribution in [-0.4, -0.2) is 11.7 Å². The van der Waals surface area contributed by atoms with Gasteiger partial charge in [0.25, 0.3) is 0 Å². The van der Waals surface area contributed by atoms with Gasteiger partial charge in [-0.15, -0.1) is 0 Å². The molecule has 0 saturated heterocycles. The lowest BCUT2D eigenvalue weighted by Crippen LogP contribution is -2.17. The van der Waals surface area contributed by atoms with E-state index in [1.165, 1.54) is 0 Å². The topological polar surface area (TPSA) is 29.1 Å². The fourth-order valence-corrected chi connectivity index (χ4v) is 0.301. The van der Waals surface area contributed by atoms with Crippen LogP contribution in [0, 0.1) is 0 Å². The van der Waals surface area contributed by atoms with Crippen molar-refractivity contribution in [3.05, 3.63) is 12.3 Å². The summed E-state index contributed by atoms with van der Waals surface area (Å²) in [5.41, 5.74) is 0. The van der Waals surface area contributed by atoms with Gasteiger partial charge in [0.15, 0.2) is 0 Å². The predicted molar refractivity (Wildman–Crippen MR) is 35.4 cm³/mol. The molecule has 0 rings (SSSR count). The highest BCUT2D eigenvalue weighted by Crippen LogP contribution is 1.72. The predicted octanol–water partition coefficient (Wildman–Crippen LogP) is 0.834. The number of hydrogen-bond donors (Lipinski definition) is 1. The van der Waals surface area contributed by atoms with Gasteiger partial charge in [0.05, 0.1) is 5.75 Å². The summed E-state index contributed by atoms with van der Waals surface area (Å²) < 4.78 is 0. The Bertz CT molecular complexity index is 101. The maximum absolute atomic E-state index is 10.3. The van der Waals surface area contributed by atoms with E-state index in [1.807, 2.05) is 6.92 Å². The largest absolute Gasteiger partial charge is 0.332 e. The molecule has 0 fully saturated rings. The van der Waals surface area contributed by atoms with Crippen LogP contribution in [0.1, 0.15) is 6.92 Å². The van der Waals surface area contributed by atoms with Crippen molar-refractivity contribution >= 4 is 18.5 Å². The third kappa shape index (κ3) is 3.74. The van der Waals surface area contributed by atoms with E-state index in [1.54, 1.807) is 12.3 Å². The Labute approximate surface area is 54.4 Å². The molecule has 0 unspecified atom stereocenters. The molecule has 0 aliphatic carbocycles. The van der Waals surface area contributed by atoms with Crippen LogP contribution in [0.25, 0.3) is 0 Å². The first-order valence-corrected chi connectivity index (χ1v) is 2.87. The zero-order chi connectivity index (χ0) is 6.41. The minimum Gasteiger partial charge on any atom is -0.332 e. The summed E-state index contributed by atoms with van der Waals surface area (Å²) in [6, 6.07) is 0. The molecule has 0 aromatic heterocycles. The molecule has 0 bridgehead atoms. The van der Waals surface area contributed by atoms with E-state index in [-0.39, 0.29) is 11.7 Å². The van der Waals surface area contributed by atoms with Crippen molar-refractivity contribution in [2.45, 2.75) is 6.92 Å². The van der Waals surface area contributed by atoms with Gasteiger partial charge in [-0.25, -0.2) is 0 Å². The quantitative estimate of drug-likeness (QED) is 0.589. The number of carbonyl (C=O) groups is 1. The molecule has 3 heteroatoms. The maximum Gasteiger partial charge on any atom is 0.234 e. The van der Waals surface area contributed by atoms with E-state index in [4.69, 9.17) is 0 Å². The molecule has 0 aliphatic heterocycles. The van der Waals surface area contributed by atoms with Gasteiger partial charge in [-0.2, -0.15) is 0 Å². The lowest BCUT2D eigenvalue weighted by molar-refractivity contribution is -0.117. The first-order chi connectivity index (χ1) is 3.81. The van der Waals surface area contributed by atoms with Gasteiger partial charge in [-0.1, -0.05) is 18.7 Å². The van der Waals surface area contributed by atoms with Gasteiger partial charge in [-0.05, 0) is 13.1 Å². The molecule has 0 saturated carbocycles. The third-order valence-corrected chi connectivity index (χ3v) is 0.804. The second-order valence-corrected chi connectivity index (χ2v) is 1.50. The van der Waals surface area contributed by atoms with Crippen molar-refractivity contribution in [2.75, 3.05) is 5.75 Å². The summed E-state index contributed by atoms with van der Waals surface area (Å²) in [7, 11) is 0. The molecular weight excluding hydrogens is 122 g/mol. The lowest BCUT2D eigenvalue weighted by Gasteiger charge is -1.89. The number of rotatable bonds is 2. The zero-order valence-corrected chi connectivity index (χ0v) is 5.49. The van der Waals surface area contributed by atoms with E-state index in [0.717, 1.165) is 0 Å². The summed E-state index contributed by atoms with van der Waals surface area (Å²) >= 11 is 4.44. The normalized spacial score (nSPS) is 9.75. The second-order valence-electron chi connectivity index (χ2n) is 1.21. The summed E-state index contributed by atoms with van der Waals surface area (Å²) in [6.45, 7) is 1.82. The van der Waals surface area contributed by atoms with Gasteiger partial charge in [0, 0.05) is 0 Å². The van der Waals surface area contributed by atoms with Crippen molar-refractivity contribution < 1.29 is 4.79 Å². The van der Waals surface area contributed by atoms with Crippen molar-refractivity contribution in [3.63, 3.8) is 0 Å². The van der Waals surface area contributed by atoms with E-state index < -0.39 is 0 Å². The molecule has 0 atom stereocenters. The molecule has 0 aromatic carbocycles. The minimum atomic E-state index is -0.127.